The number of piperazine rings is 1. The molecule has 5 rings (SSSR count). The van der Waals surface area contributed by atoms with E-state index in [1.165, 1.54) is 12.8 Å². The largest absolute Gasteiger partial charge is 0.485 e. The SMILES string of the molecule is CC1CCN(c2ccc(N3CCN(C(=O)C4COc5ccccc5O4)CC3)nn2)CC1. The Kier molecular flexibility index (Phi) is 5.53. The number of hydrogen-bond acceptors (Lipinski definition) is 7. The van der Waals surface area contributed by atoms with Crippen LogP contribution in [-0.2, 0) is 4.79 Å². The molecule has 0 radical (unpaired) electrons. The van der Waals surface area contributed by atoms with Gasteiger partial charge in [-0.15, -0.1) is 10.2 Å². The van der Waals surface area contributed by atoms with Crippen molar-refractivity contribution < 1.29 is 14.3 Å². The van der Waals surface area contributed by atoms with Crippen LogP contribution in [0.5, 0.6) is 11.5 Å². The van der Waals surface area contributed by atoms with Crippen molar-refractivity contribution in [1.29, 1.82) is 0 Å². The third-order valence-electron chi connectivity index (χ3n) is 6.44. The number of carbonyl (C=O) groups excluding carboxylic acids is 1. The standard InChI is InChI=1S/C23H29N5O3/c1-17-8-10-26(11-9-17)21-6-7-22(25-24-21)27-12-14-28(15-13-27)23(29)20-16-30-18-4-2-3-5-19(18)31-20/h2-7,17,20H,8-16H2,1H3. The van der Waals surface area contributed by atoms with E-state index in [2.05, 4.69) is 33.0 Å². The maximum atomic E-state index is 12.9. The first kappa shape index (κ1) is 19.9. The molecule has 0 N–H and O–H groups in total. The van der Waals surface area contributed by atoms with Gasteiger partial charge in [0.05, 0.1) is 0 Å². The molecule has 164 valence electrons. The molecular formula is C23H29N5O3. The first-order chi connectivity index (χ1) is 15.2. The van der Waals surface area contributed by atoms with Crippen LogP contribution in [-0.4, -0.2) is 73.0 Å². The molecule has 0 aliphatic carbocycles. The van der Waals surface area contributed by atoms with Crippen LogP contribution in [0.4, 0.5) is 11.6 Å². The minimum atomic E-state index is -0.590. The van der Waals surface area contributed by atoms with Gasteiger partial charge in [0.1, 0.15) is 6.61 Å². The predicted octanol–water partition coefficient (Wildman–Crippen LogP) is 2.20. The van der Waals surface area contributed by atoms with Gasteiger partial charge in [0.2, 0.25) is 6.10 Å². The molecule has 1 aromatic heterocycles. The van der Waals surface area contributed by atoms with Gasteiger partial charge in [-0.05, 0) is 43.0 Å². The zero-order valence-corrected chi connectivity index (χ0v) is 17.9. The molecule has 0 spiro atoms. The predicted molar refractivity (Wildman–Crippen MR) is 118 cm³/mol. The molecule has 0 saturated carbocycles. The minimum absolute atomic E-state index is 0.0186. The van der Waals surface area contributed by atoms with Gasteiger partial charge in [-0.25, -0.2) is 0 Å². The van der Waals surface area contributed by atoms with Crippen LogP contribution in [0.2, 0.25) is 0 Å². The number of para-hydroxylation sites is 2. The van der Waals surface area contributed by atoms with Crippen molar-refractivity contribution in [1.82, 2.24) is 15.1 Å². The van der Waals surface area contributed by atoms with E-state index in [1.807, 2.05) is 35.2 Å². The average Bonchev–Trinajstić information content (AvgIpc) is 2.84. The topological polar surface area (TPSA) is 71.0 Å². The molecule has 2 fully saturated rings. The number of amides is 1. The van der Waals surface area contributed by atoms with E-state index in [9.17, 15) is 4.79 Å². The smallest absolute Gasteiger partial charge is 0.267 e. The summed E-state index contributed by atoms with van der Waals surface area (Å²) in [7, 11) is 0. The Bertz CT molecular complexity index is 906. The van der Waals surface area contributed by atoms with Crippen LogP contribution in [0, 0.1) is 5.92 Å². The number of hydrogen-bond donors (Lipinski definition) is 0. The highest BCUT2D eigenvalue weighted by atomic mass is 16.6. The molecule has 2 saturated heterocycles. The zero-order chi connectivity index (χ0) is 21.2. The Hall–Kier alpha value is -3.03. The van der Waals surface area contributed by atoms with E-state index in [4.69, 9.17) is 9.47 Å². The second kappa shape index (κ2) is 8.61. The number of ether oxygens (including phenoxy) is 2. The molecule has 31 heavy (non-hydrogen) atoms. The van der Waals surface area contributed by atoms with Crippen molar-refractivity contribution in [3.8, 4) is 11.5 Å². The van der Waals surface area contributed by atoms with Crippen molar-refractivity contribution in [2.45, 2.75) is 25.9 Å². The summed E-state index contributed by atoms with van der Waals surface area (Å²) in [5, 5.41) is 8.94. The maximum absolute atomic E-state index is 12.9. The molecule has 1 aromatic carbocycles. The van der Waals surface area contributed by atoms with Crippen molar-refractivity contribution in [3.05, 3.63) is 36.4 Å². The summed E-state index contributed by atoms with van der Waals surface area (Å²) in [6.45, 7) is 7.37. The molecule has 8 nitrogen and oxygen atoms in total. The Labute approximate surface area is 182 Å². The first-order valence-electron chi connectivity index (χ1n) is 11.2. The lowest BCUT2D eigenvalue weighted by molar-refractivity contribution is -0.141. The monoisotopic (exact) mass is 423 g/mol. The molecule has 4 heterocycles. The van der Waals surface area contributed by atoms with Gasteiger partial charge in [-0.3, -0.25) is 4.79 Å². The minimum Gasteiger partial charge on any atom is -0.485 e. The number of aromatic nitrogens is 2. The van der Waals surface area contributed by atoms with E-state index in [0.29, 0.717) is 24.6 Å². The van der Waals surface area contributed by atoms with E-state index >= 15 is 0 Å². The summed E-state index contributed by atoms with van der Waals surface area (Å²) in [5.41, 5.74) is 0. The Morgan fingerprint density at radius 2 is 1.48 bits per heavy atom. The fourth-order valence-corrected chi connectivity index (χ4v) is 4.39. The molecule has 3 aliphatic rings. The van der Waals surface area contributed by atoms with Crippen molar-refractivity contribution >= 4 is 17.5 Å². The van der Waals surface area contributed by atoms with Crippen molar-refractivity contribution in [2.24, 2.45) is 5.92 Å². The van der Waals surface area contributed by atoms with Crippen LogP contribution in [0.3, 0.4) is 0 Å². The summed E-state index contributed by atoms with van der Waals surface area (Å²) in [6, 6.07) is 11.6. The van der Waals surface area contributed by atoms with Gasteiger partial charge < -0.3 is 24.2 Å². The van der Waals surface area contributed by atoms with Crippen LogP contribution in [0.25, 0.3) is 0 Å². The highest BCUT2D eigenvalue weighted by Crippen LogP contribution is 2.31. The number of piperidine rings is 1. The lowest BCUT2D eigenvalue weighted by Crippen LogP contribution is -2.54. The summed E-state index contributed by atoms with van der Waals surface area (Å²) in [4.78, 5) is 19.3. The lowest BCUT2D eigenvalue weighted by Gasteiger charge is -2.37. The third kappa shape index (κ3) is 4.24. The van der Waals surface area contributed by atoms with Crippen LogP contribution in [0.1, 0.15) is 19.8 Å². The van der Waals surface area contributed by atoms with Gasteiger partial charge in [0.25, 0.3) is 5.91 Å². The summed E-state index contributed by atoms with van der Waals surface area (Å²) in [6.07, 6.45) is 1.83. The van der Waals surface area contributed by atoms with Gasteiger partial charge in [-0.2, -0.15) is 0 Å². The van der Waals surface area contributed by atoms with Crippen molar-refractivity contribution in [2.75, 3.05) is 55.7 Å². The molecule has 1 unspecified atom stereocenters. The van der Waals surface area contributed by atoms with E-state index in [1.54, 1.807) is 0 Å². The molecule has 8 heteroatoms. The fraction of sp³-hybridized carbons (Fsp3) is 0.522. The van der Waals surface area contributed by atoms with Gasteiger partial charge >= 0.3 is 0 Å². The van der Waals surface area contributed by atoms with E-state index in [-0.39, 0.29) is 12.5 Å². The fourth-order valence-electron chi connectivity index (χ4n) is 4.39. The lowest BCUT2D eigenvalue weighted by atomic mass is 9.99. The highest BCUT2D eigenvalue weighted by Gasteiger charge is 2.33. The van der Waals surface area contributed by atoms with Gasteiger partial charge in [0, 0.05) is 39.3 Å². The maximum Gasteiger partial charge on any atom is 0.267 e. The molecular weight excluding hydrogens is 394 g/mol. The zero-order valence-electron chi connectivity index (χ0n) is 17.9. The van der Waals surface area contributed by atoms with Gasteiger partial charge in [0.15, 0.2) is 23.1 Å². The molecule has 1 atom stereocenters. The van der Waals surface area contributed by atoms with Gasteiger partial charge in [-0.1, -0.05) is 19.1 Å². The summed E-state index contributed by atoms with van der Waals surface area (Å²) < 4.78 is 11.6. The highest BCUT2D eigenvalue weighted by molar-refractivity contribution is 5.82. The van der Waals surface area contributed by atoms with E-state index in [0.717, 1.165) is 43.7 Å². The Morgan fingerprint density at radius 1 is 0.871 bits per heavy atom. The molecule has 1 amide bonds. The van der Waals surface area contributed by atoms with Crippen molar-refractivity contribution in [3.63, 3.8) is 0 Å². The number of carbonyl (C=O) groups is 1. The second-order valence-electron chi connectivity index (χ2n) is 8.60. The quantitative estimate of drug-likeness (QED) is 0.750. The van der Waals surface area contributed by atoms with Crippen LogP contribution >= 0.6 is 0 Å². The number of anilines is 2. The first-order valence-corrected chi connectivity index (χ1v) is 11.2. The molecule has 2 aromatic rings. The Morgan fingerprint density at radius 3 is 2.13 bits per heavy atom. The normalized spacial score (nSPS) is 21.8. The third-order valence-corrected chi connectivity index (χ3v) is 6.44. The number of fused-ring (bicyclic) bond motifs is 1. The number of benzene rings is 1. The van der Waals surface area contributed by atoms with Crippen LogP contribution in [0.15, 0.2) is 36.4 Å². The second-order valence-corrected chi connectivity index (χ2v) is 8.60. The number of rotatable bonds is 3. The average molecular weight is 424 g/mol. The Balaban J connectivity index is 1.15. The van der Waals surface area contributed by atoms with E-state index < -0.39 is 6.10 Å². The molecule has 0 bridgehead atoms. The van der Waals surface area contributed by atoms with Crippen LogP contribution < -0.4 is 19.3 Å². The summed E-state index contributed by atoms with van der Waals surface area (Å²) in [5.74, 6) is 3.92. The molecule has 3 aliphatic heterocycles. The summed E-state index contributed by atoms with van der Waals surface area (Å²) >= 11 is 0. The number of nitrogens with zero attached hydrogens (tertiary/aromatic N) is 5.